The molecule has 0 N–H and O–H groups in total. The highest BCUT2D eigenvalue weighted by Crippen LogP contribution is 2.16. The number of halogens is 1. The van der Waals surface area contributed by atoms with Gasteiger partial charge in [0, 0.05) is 18.7 Å². The van der Waals surface area contributed by atoms with Gasteiger partial charge in [0.25, 0.3) is 0 Å². The maximum atomic E-state index is 14.0. The Morgan fingerprint density at radius 1 is 1.24 bits per heavy atom. The molecule has 1 aliphatic heterocycles. The number of hydrogen-bond acceptors (Lipinski definition) is 3. The lowest BCUT2D eigenvalue weighted by molar-refractivity contribution is -0.150. The first-order valence-corrected chi connectivity index (χ1v) is 6.79. The molecule has 0 spiro atoms. The molecule has 1 heterocycles. The number of amides is 2. The van der Waals surface area contributed by atoms with Gasteiger partial charge in [0.1, 0.15) is 18.4 Å². The third kappa shape index (κ3) is 3.19. The van der Waals surface area contributed by atoms with Crippen molar-refractivity contribution < 1.29 is 14.0 Å². The van der Waals surface area contributed by atoms with E-state index in [1.807, 2.05) is 6.92 Å². The molecule has 0 radical (unpaired) electrons. The van der Waals surface area contributed by atoms with Crippen LogP contribution < -0.4 is 0 Å². The minimum absolute atomic E-state index is 0.00584. The number of rotatable bonds is 4. The monoisotopic (exact) mass is 289 g/mol. The van der Waals surface area contributed by atoms with E-state index in [2.05, 4.69) is 0 Å². The molecule has 1 aliphatic rings. The van der Waals surface area contributed by atoms with Crippen molar-refractivity contribution in [2.24, 2.45) is 0 Å². The van der Waals surface area contributed by atoms with E-state index in [1.165, 1.54) is 21.9 Å². The van der Waals surface area contributed by atoms with Crippen LogP contribution in [0.4, 0.5) is 4.39 Å². The van der Waals surface area contributed by atoms with E-state index in [-0.39, 0.29) is 42.6 Å². The highest BCUT2D eigenvalue weighted by Gasteiger charge is 2.29. The molecule has 1 aromatic rings. The van der Waals surface area contributed by atoms with Gasteiger partial charge in [-0.3, -0.25) is 9.59 Å². The lowest BCUT2D eigenvalue weighted by Crippen LogP contribution is -2.53. The minimum Gasteiger partial charge on any atom is -0.332 e. The van der Waals surface area contributed by atoms with Crippen LogP contribution in [0.1, 0.15) is 24.5 Å². The third-order valence-electron chi connectivity index (χ3n) is 3.41. The standard InChI is InChI=1S/C15H16FN3O2/c1-2-6-18-9-14(21)19(10-13(18)20)8-12-5-3-4-11(7-17)15(12)16/h3-5H,2,6,8-10H2,1H3. The van der Waals surface area contributed by atoms with E-state index < -0.39 is 5.82 Å². The Hall–Kier alpha value is -2.42. The summed E-state index contributed by atoms with van der Waals surface area (Å²) >= 11 is 0. The van der Waals surface area contributed by atoms with Gasteiger partial charge in [0.2, 0.25) is 11.8 Å². The number of carbonyl (C=O) groups is 2. The number of carbonyl (C=O) groups excluding carboxylic acids is 2. The minimum atomic E-state index is -0.628. The molecule has 2 amide bonds. The highest BCUT2D eigenvalue weighted by atomic mass is 19.1. The van der Waals surface area contributed by atoms with Crippen molar-refractivity contribution in [3.8, 4) is 6.07 Å². The first-order chi connectivity index (χ1) is 10.1. The maximum Gasteiger partial charge on any atom is 0.242 e. The van der Waals surface area contributed by atoms with Crippen LogP contribution in [0, 0.1) is 17.1 Å². The van der Waals surface area contributed by atoms with Crippen molar-refractivity contribution in [3.63, 3.8) is 0 Å². The van der Waals surface area contributed by atoms with Gasteiger partial charge in [-0.1, -0.05) is 19.1 Å². The van der Waals surface area contributed by atoms with Crippen LogP contribution >= 0.6 is 0 Å². The molecular weight excluding hydrogens is 273 g/mol. The SMILES string of the molecule is CCCN1CC(=O)N(Cc2cccc(C#N)c2F)CC1=O. The Balaban J connectivity index is 2.13. The van der Waals surface area contributed by atoms with Crippen LogP contribution in [0.15, 0.2) is 18.2 Å². The predicted molar refractivity (Wildman–Crippen MR) is 73.4 cm³/mol. The van der Waals surface area contributed by atoms with Gasteiger partial charge >= 0.3 is 0 Å². The van der Waals surface area contributed by atoms with Gasteiger partial charge in [0.05, 0.1) is 12.1 Å². The van der Waals surface area contributed by atoms with Crippen molar-refractivity contribution >= 4 is 11.8 Å². The Kier molecular flexibility index (Phi) is 4.53. The molecule has 0 aromatic heterocycles. The molecule has 0 saturated carbocycles. The fourth-order valence-corrected chi connectivity index (χ4v) is 2.31. The Labute approximate surface area is 122 Å². The molecule has 21 heavy (non-hydrogen) atoms. The van der Waals surface area contributed by atoms with Crippen molar-refractivity contribution in [1.29, 1.82) is 5.26 Å². The summed E-state index contributed by atoms with van der Waals surface area (Å²) in [6.45, 7) is 2.48. The second-order valence-corrected chi connectivity index (χ2v) is 4.96. The van der Waals surface area contributed by atoms with Crippen molar-refractivity contribution in [1.82, 2.24) is 9.80 Å². The maximum absolute atomic E-state index is 14.0. The molecular formula is C15H16FN3O2. The number of nitrogens with zero attached hydrogens (tertiary/aromatic N) is 3. The second-order valence-electron chi connectivity index (χ2n) is 4.96. The van der Waals surface area contributed by atoms with Gasteiger partial charge in [0.15, 0.2) is 0 Å². The summed E-state index contributed by atoms with van der Waals surface area (Å²) in [5.41, 5.74) is 0.190. The topological polar surface area (TPSA) is 64.4 Å². The van der Waals surface area contributed by atoms with Crippen molar-refractivity contribution in [2.45, 2.75) is 19.9 Å². The molecule has 0 atom stereocenters. The first kappa shape index (κ1) is 15.0. The van der Waals surface area contributed by atoms with E-state index in [9.17, 15) is 14.0 Å². The third-order valence-corrected chi connectivity index (χ3v) is 3.41. The fourth-order valence-electron chi connectivity index (χ4n) is 2.31. The smallest absolute Gasteiger partial charge is 0.242 e. The molecule has 1 saturated heterocycles. The predicted octanol–water partition coefficient (Wildman–Crippen LogP) is 1.28. The van der Waals surface area contributed by atoms with E-state index in [0.717, 1.165) is 6.42 Å². The van der Waals surface area contributed by atoms with Crippen LogP contribution in [-0.2, 0) is 16.1 Å². The Bertz CT molecular complexity index is 609. The number of hydrogen-bond donors (Lipinski definition) is 0. The zero-order chi connectivity index (χ0) is 15.4. The highest BCUT2D eigenvalue weighted by molar-refractivity contribution is 5.92. The summed E-state index contributed by atoms with van der Waals surface area (Å²) < 4.78 is 14.0. The molecule has 5 nitrogen and oxygen atoms in total. The van der Waals surface area contributed by atoms with E-state index >= 15 is 0 Å². The average molecular weight is 289 g/mol. The molecule has 110 valence electrons. The molecule has 0 bridgehead atoms. The summed E-state index contributed by atoms with van der Waals surface area (Å²) in [7, 11) is 0. The lowest BCUT2D eigenvalue weighted by Gasteiger charge is -2.33. The van der Waals surface area contributed by atoms with Gasteiger partial charge in [-0.2, -0.15) is 5.26 Å². The van der Waals surface area contributed by atoms with Gasteiger partial charge in [-0.05, 0) is 12.5 Å². The number of piperazine rings is 1. The molecule has 0 unspecified atom stereocenters. The molecule has 1 aromatic carbocycles. The quantitative estimate of drug-likeness (QED) is 0.838. The van der Waals surface area contributed by atoms with Crippen LogP contribution in [-0.4, -0.2) is 41.2 Å². The van der Waals surface area contributed by atoms with Gasteiger partial charge in [-0.25, -0.2) is 4.39 Å². The van der Waals surface area contributed by atoms with E-state index in [1.54, 1.807) is 12.1 Å². The summed E-state index contributed by atoms with van der Waals surface area (Å²) in [5, 5.41) is 8.81. The van der Waals surface area contributed by atoms with Crippen LogP contribution in [0.2, 0.25) is 0 Å². The molecule has 6 heteroatoms. The number of nitriles is 1. The molecule has 1 fully saturated rings. The Morgan fingerprint density at radius 2 is 1.90 bits per heavy atom. The largest absolute Gasteiger partial charge is 0.332 e. The second kappa shape index (κ2) is 6.35. The van der Waals surface area contributed by atoms with Crippen LogP contribution in [0.5, 0.6) is 0 Å². The van der Waals surface area contributed by atoms with Crippen molar-refractivity contribution in [3.05, 3.63) is 35.1 Å². The summed E-state index contributed by atoms with van der Waals surface area (Å²) in [6.07, 6.45) is 0.790. The van der Waals surface area contributed by atoms with Gasteiger partial charge in [-0.15, -0.1) is 0 Å². The van der Waals surface area contributed by atoms with E-state index in [4.69, 9.17) is 5.26 Å². The van der Waals surface area contributed by atoms with Gasteiger partial charge < -0.3 is 9.80 Å². The number of benzene rings is 1. The normalized spacial score (nSPS) is 15.3. The van der Waals surface area contributed by atoms with Crippen molar-refractivity contribution in [2.75, 3.05) is 19.6 Å². The lowest BCUT2D eigenvalue weighted by atomic mass is 10.1. The van der Waals surface area contributed by atoms with Crippen LogP contribution in [0.25, 0.3) is 0 Å². The van der Waals surface area contributed by atoms with Crippen LogP contribution in [0.3, 0.4) is 0 Å². The first-order valence-electron chi connectivity index (χ1n) is 6.79. The summed E-state index contributed by atoms with van der Waals surface area (Å²) in [5.74, 6) is -0.964. The Morgan fingerprint density at radius 3 is 2.57 bits per heavy atom. The molecule has 2 rings (SSSR count). The average Bonchev–Trinajstić information content (AvgIpc) is 2.46. The zero-order valence-corrected chi connectivity index (χ0v) is 11.8. The summed E-state index contributed by atoms with van der Waals surface area (Å²) in [6, 6.07) is 6.23. The fraction of sp³-hybridized carbons (Fsp3) is 0.400. The zero-order valence-electron chi connectivity index (χ0n) is 11.8. The summed E-state index contributed by atoms with van der Waals surface area (Å²) in [4.78, 5) is 26.8. The van der Waals surface area contributed by atoms with E-state index in [0.29, 0.717) is 6.54 Å². The molecule has 0 aliphatic carbocycles.